The molecular formula is C12H24N2. The molecule has 14 heavy (non-hydrogen) atoms. The third-order valence-corrected chi connectivity index (χ3v) is 3.10. The molecule has 0 heterocycles. The summed E-state index contributed by atoms with van der Waals surface area (Å²) in [4.78, 5) is 4.63. The molecule has 0 radical (unpaired) electrons. The summed E-state index contributed by atoms with van der Waals surface area (Å²) in [5.74, 6) is 1.22. The van der Waals surface area contributed by atoms with Gasteiger partial charge in [-0.15, -0.1) is 0 Å². The zero-order chi connectivity index (χ0) is 10.8. The number of aliphatic imine (C=N–C) groups is 1. The minimum absolute atomic E-state index is 0.389. The van der Waals surface area contributed by atoms with Crippen molar-refractivity contribution in [3.63, 3.8) is 0 Å². The predicted octanol–water partition coefficient (Wildman–Crippen LogP) is 2.97. The van der Waals surface area contributed by atoms with Gasteiger partial charge in [-0.3, -0.25) is 4.99 Å². The third-order valence-electron chi connectivity index (χ3n) is 3.10. The molecule has 82 valence electrons. The zero-order valence-electron chi connectivity index (χ0n) is 10.0. The lowest BCUT2D eigenvalue weighted by Crippen LogP contribution is -2.28. The van der Waals surface area contributed by atoms with Crippen LogP contribution in [0.3, 0.4) is 0 Å². The first-order chi connectivity index (χ1) is 6.41. The van der Waals surface area contributed by atoms with E-state index in [1.165, 1.54) is 25.7 Å². The molecule has 1 atom stereocenters. The maximum absolute atomic E-state index is 5.89. The second-order valence-corrected chi connectivity index (χ2v) is 5.62. The quantitative estimate of drug-likeness (QED) is 0.535. The first-order valence-electron chi connectivity index (χ1n) is 5.74. The Morgan fingerprint density at radius 1 is 1.43 bits per heavy atom. The average molecular weight is 196 g/mol. The second-order valence-electron chi connectivity index (χ2n) is 5.62. The van der Waals surface area contributed by atoms with Crippen molar-refractivity contribution in [1.29, 1.82) is 0 Å². The Balaban J connectivity index is 2.57. The molecule has 0 saturated heterocycles. The minimum atomic E-state index is 0.389. The van der Waals surface area contributed by atoms with E-state index >= 15 is 0 Å². The highest BCUT2D eigenvalue weighted by Crippen LogP contribution is 2.36. The van der Waals surface area contributed by atoms with Gasteiger partial charge in [0.25, 0.3) is 0 Å². The molecule has 2 N–H and O–H groups in total. The lowest BCUT2D eigenvalue weighted by molar-refractivity contribution is 0.221. The van der Waals surface area contributed by atoms with Gasteiger partial charge in [0.05, 0.1) is 11.9 Å². The standard InChI is InChI=1S/C12H24N2/c1-9(2)11(13)14-10-6-5-7-12(3,4)8-10/h9-10H,5-8H2,1-4H3,(H2,13,14). The average Bonchev–Trinajstić information content (AvgIpc) is 2.01. The molecule has 2 nitrogen and oxygen atoms in total. The van der Waals surface area contributed by atoms with Crippen molar-refractivity contribution in [2.24, 2.45) is 22.1 Å². The maximum Gasteiger partial charge on any atom is 0.0966 e. The highest BCUT2D eigenvalue weighted by molar-refractivity contribution is 5.82. The first kappa shape index (κ1) is 11.5. The van der Waals surface area contributed by atoms with Crippen LogP contribution in [0.4, 0.5) is 0 Å². The molecule has 0 bridgehead atoms. The Morgan fingerprint density at radius 2 is 2.07 bits per heavy atom. The summed E-state index contributed by atoms with van der Waals surface area (Å²) < 4.78 is 0. The molecule has 1 aliphatic carbocycles. The Morgan fingerprint density at radius 3 is 2.57 bits per heavy atom. The van der Waals surface area contributed by atoms with Gasteiger partial charge in [0, 0.05) is 5.92 Å². The molecule has 1 rings (SSSR count). The normalized spacial score (nSPS) is 28.1. The van der Waals surface area contributed by atoms with Gasteiger partial charge in [0.2, 0.25) is 0 Å². The molecular weight excluding hydrogens is 172 g/mol. The van der Waals surface area contributed by atoms with Crippen LogP contribution in [0.2, 0.25) is 0 Å². The van der Waals surface area contributed by atoms with Gasteiger partial charge in [-0.2, -0.15) is 0 Å². The fourth-order valence-corrected chi connectivity index (χ4v) is 2.13. The predicted molar refractivity (Wildman–Crippen MR) is 62.5 cm³/mol. The maximum atomic E-state index is 5.89. The number of hydrogen-bond acceptors (Lipinski definition) is 1. The summed E-state index contributed by atoms with van der Waals surface area (Å²) in [5.41, 5.74) is 6.35. The van der Waals surface area contributed by atoms with Gasteiger partial charge in [-0.1, -0.05) is 34.1 Å². The molecule has 1 aliphatic rings. The van der Waals surface area contributed by atoms with E-state index in [0.717, 1.165) is 5.84 Å². The molecule has 0 aromatic carbocycles. The van der Waals surface area contributed by atoms with Crippen LogP contribution >= 0.6 is 0 Å². The van der Waals surface area contributed by atoms with Crippen LogP contribution in [0.1, 0.15) is 53.4 Å². The van der Waals surface area contributed by atoms with Crippen LogP contribution in [0.25, 0.3) is 0 Å². The van der Waals surface area contributed by atoms with Crippen molar-refractivity contribution in [2.75, 3.05) is 0 Å². The van der Waals surface area contributed by atoms with Gasteiger partial charge in [-0.25, -0.2) is 0 Å². The van der Waals surface area contributed by atoms with E-state index in [1.54, 1.807) is 0 Å². The van der Waals surface area contributed by atoms with Crippen molar-refractivity contribution < 1.29 is 0 Å². The van der Waals surface area contributed by atoms with E-state index < -0.39 is 0 Å². The third kappa shape index (κ3) is 3.32. The first-order valence-corrected chi connectivity index (χ1v) is 5.74. The lowest BCUT2D eigenvalue weighted by Gasteiger charge is -2.33. The van der Waals surface area contributed by atoms with Crippen molar-refractivity contribution >= 4 is 5.84 Å². The summed E-state index contributed by atoms with van der Waals surface area (Å²) in [6, 6.07) is 0.473. The molecule has 0 aromatic heterocycles. The van der Waals surface area contributed by atoms with Crippen LogP contribution in [0, 0.1) is 11.3 Å². The SMILES string of the molecule is CC(C)C(N)=NC1CCCC(C)(C)C1. The summed E-state index contributed by atoms with van der Waals surface area (Å²) in [7, 11) is 0. The Bertz CT molecular complexity index is 216. The van der Waals surface area contributed by atoms with Crippen LogP contribution in [0.15, 0.2) is 4.99 Å². The monoisotopic (exact) mass is 196 g/mol. The minimum Gasteiger partial charge on any atom is -0.387 e. The molecule has 0 spiro atoms. The van der Waals surface area contributed by atoms with E-state index in [9.17, 15) is 0 Å². The van der Waals surface area contributed by atoms with Gasteiger partial charge >= 0.3 is 0 Å². The fraction of sp³-hybridized carbons (Fsp3) is 0.917. The van der Waals surface area contributed by atoms with E-state index in [4.69, 9.17) is 5.73 Å². The largest absolute Gasteiger partial charge is 0.387 e. The Kier molecular flexibility index (Phi) is 3.57. The molecule has 1 saturated carbocycles. The second kappa shape index (κ2) is 4.33. The van der Waals surface area contributed by atoms with Crippen molar-refractivity contribution in [2.45, 2.75) is 59.4 Å². The van der Waals surface area contributed by atoms with Gasteiger partial charge in [0.1, 0.15) is 0 Å². The van der Waals surface area contributed by atoms with Crippen molar-refractivity contribution in [3.05, 3.63) is 0 Å². The summed E-state index contributed by atoms with van der Waals surface area (Å²) >= 11 is 0. The highest BCUT2D eigenvalue weighted by Gasteiger charge is 2.27. The van der Waals surface area contributed by atoms with E-state index in [1.807, 2.05) is 0 Å². The molecule has 0 amide bonds. The molecule has 1 unspecified atom stereocenters. The van der Waals surface area contributed by atoms with Crippen molar-refractivity contribution in [1.82, 2.24) is 0 Å². The summed E-state index contributed by atoms with van der Waals surface area (Å²) in [6.07, 6.45) is 5.05. The van der Waals surface area contributed by atoms with Gasteiger partial charge in [-0.05, 0) is 24.7 Å². The van der Waals surface area contributed by atoms with Crippen LogP contribution < -0.4 is 5.73 Å². The number of hydrogen-bond donors (Lipinski definition) is 1. The summed E-state index contributed by atoms with van der Waals surface area (Å²) in [5, 5.41) is 0. The van der Waals surface area contributed by atoms with Crippen LogP contribution in [0.5, 0.6) is 0 Å². The lowest BCUT2D eigenvalue weighted by atomic mass is 9.75. The Hall–Kier alpha value is -0.530. The summed E-state index contributed by atoms with van der Waals surface area (Å²) in [6.45, 7) is 8.88. The zero-order valence-corrected chi connectivity index (χ0v) is 10.0. The fourth-order valence-electron chi connectivity index (χ4n) is 2.13. The number of nitrogens with two attached hydrogens (primary N) is 1. The smallest absolute Gasteiger partial charge is 0.0966 e. The van der Waals surface area contributed by atoms with Gasteiger partial charge < -0.3 is 5.73 Å². The molecule has 2 heteroatoms. The van der Waals surface area contributed by atoms with E-state index in [-0.39, 0.29) is 0 Å². The molecule has 1 fully saturated rings. The van der Waals surface area contributed by atoms with Gasteiger partial charge in [0.15, 0.2) is 0 Å². The van der Waals surface area contributed by atoms with E-state index in [2.05, 4.69) is 32.7 Å². The topological polar surface area (TPSA) is 38.4 Å². The number of rotatable bonds is 2. The van der Waals surface area contributed by atoms with Crippen LogP contribution in [-0.4, -0.2) is 11.9 Å². The molecule has 0 aromatic rings. The number of amidine groups is 1. The van der Waals surface area contributed by atoms with Crippen molar-refractivity contribution in [3.8, 4) is 0 Å². The van der Waals surface area contributed by atoms with E-state index in [0.29, 0.717) is 17.4 Å². The highest BCUT2D eigenvalue weighted by atomic mass is 14.9. The number of nitrogens with zero attached hydrogens (tertiary/aromatic N) is 1. The Labute approximate surface area is 88.0 Å². The molecule has 0 aliphatic heterocycles. The van der Waals surface area contributed by atoms with Crippen LogP contribution in [-0.2, 0) is 0 Å².